The van der Waals surface area contributed by atoms with Gasteiger partial charge < -0.3 is 30.0 Å². The largest absolute Gasteiger partial charge is 0.466 e. The number of anilines is 1. The second kappa shape index (κ2) is 39.3. The van der Waals surface area contributed by atoms with E-state index >= 15 is 0 Å². The van der Waals surface area contributed by atoms with Crippen LogP contribution in [0.15, 0.2) is 23.1 Å². The quantitative estimate of drug-likeness (QED) is 0.0272. The van der Waals surface area contributed by atoms with Gasteiger partial charge in [0.2, 0.25) is 5.91 Å². The third kappa shape index (κ3) is 33.6. The molecule has 1 amide bonds. The molecule has 0 aliphatic rings. The maximum Gasteiger partial charge on any atom is 0.325 e. The second-order valence-electron chi connectivity index (χ2n) is 21.5. The molecule has 0 bridgehead atoms. The Morgan fingerprint density at radius 3 is 1.46 bits per heavy atom. The van der Waals surface area contributed by atoms with Gasteiger partial charge >= 0.3 is 23.9 Å². The van der Waals surface area contributed by atoms with Crippen LogP contribution in [0.25, 0.3) is 0 Å². The van der Waals surface area contributed by atoms with E-state index in [1.807, 2.05) is 0 Å². The van der Waals surface area contributed by atoms with Gasteiger partial charge in [-0.1, -0.05) is 174 Å². The molecule has 0 aliphatic heterocycles. The van der Waals surface area contributed by atoms with Gasteiger partial charge in [0.1, 0.15) is 22.1 Å². The van der Waals surface area contributed by atoms with Crippen molar-refractivity contribution in [1.29, 1.82) is 0 Å². The smallest absolute Gasteiger partial charge is 0.325 e. The molecule has 1 aromatic rings. The molecule has 0 heterocycles. The minimum Gasteiger partial charge on any atom is -0.466 e. The molecule has 1 aromatic carbocycles. The number of rotatable bonds is 43. The molecular formula is C57H100N2O11S2. The van der Waals surface area contributed by atoms with Gasteiger partial charge in [0, 0.05) is 31.4 Å². The van der Waals surface area contributed by atoms with Crippen molar-refractivity contribution in [3.8, 4) is 5.75 Å². The lowest BCUT2D eigenvalue weighted by Gasteiger charge is -2.27. The van der Waals surface area contributed by atoms with E-state index in [1.165, 1.54) is 146 Å². The molecule has 416 valence electrons. The van der Waals surface area contributed by atoms with Gasteiger partial charge in [-0.05, 0) is 78.7 Å². The van der Waals surface area contributed by atoms with Crippen LogP contribution in [0.3, 0.4) is 0 Å². The van der Waals surface area contributed by atoms with Crippen molar-refractivity contribution in [2.24, 2.45) is 5.73 Å². The highest BCUT2D eigenvalue weighted by molar-refractivity contribution is 7.99. The summed E-state index contributed by atoms with van der Waals surface area (Å²) in [7, 11) is -4.91. The third-order valence-electron chi connectivity index (χ3n) is 12.1. The van der Waals surface area contributed by atoms with Gasteiger partial charge in [0.25, 0.3) is 0 Å². The average molecular weight is 1050 g/mol. The zero-order valence-corrected chi connectivity index (χ0v) is 47.9. The van der Waals surface area contributed by atoms with Crippen molar-refractivity contribution < 1.29 is 51.3 Å². The summed E-state index contributed by atoms with van der Waals surface area (Å²) in [5, 5.41) is 0.630. The number of sulfone groups is 1. The highest BCUT2D eigenvalue weighted by Gasteiger charge is 2.43. The topological polar surface area (TPSA) is 194 Å². The first-order chi connectivity index (χ1) is 34.2. The summed E-state index contributed by atoms with van der Waals surface area (Å²) in [6.07, 6.45) is 31.2. The average Bonchev–Trinajstić information content (AvgIpc) is 3.29. The van der Waals surface area contributed by atoms with Crippen molar-refractivity contribution in [2.45, 2.75) is 282 Å². The highest BCUT2D eigenvalue weighted by atomic mass is 32.2. The number of esters is 4. The van der Waals surface area contributed by atoms with E-state index in [0.717, 1.165) is 44.9 Å². The molecule has 1 unspecified atom stereocenters. The summed E-state index contributed by atoms with van der Waals surface area (Å²) in [5.74, 6) is -2.81. The van der Waals surface area contributed by atoms with E-state index in [0.29, 0.717) is 37.4 Å². The van der Waals surface area contributed by atoms with Gasteiger partial charge in [-0.2, -0.15) is 11.8 Å². The van der Waals surface area contributed by atoms with E-state index in [4.69, 9.17) is 24.7 Å². The third-order valence-corrected chi connectivity index (χ3v) is 15.3. The van der Waals surface area contributed by atoms with Gasteiger partial charge in [-0.25, -0.2) is 8.42 Å². The number of nitrogens with one attached hydrogen (secondary N) is 1. The standard InChI is InChI=1S/C57H100N2O11S2/c1-9-11-13-15-17-19-21-23-25-27-29-31-33-39-51(61)67-42-36-43-71-44-41-50(60)59-47-37-35-38-48(68-52(62)40-34-32-30-28-26-24-22-20-18-16-14-12-10-2)53(47)72(65,66)49(55(64)70-57(6,7)8)45-46(58)54(63)69-56(3,4)5/h35,37-38,46,49H,9-34,36,39-45,58H2,1-8H3,(H,59,60)/t46-,49?/m0/s1. The Labute approximate surface area is 441 Å². The number of benzene rings is 1. The number of thioether (sulfide) groups is 1. The van der Waals surface area contributed by atoms with Crippen molar-refractivity contribution in [2.75, 3.05) is 23.4 Å². The number of unbranched alkanes of at least 4 members (excludes halogenated alkanes) is 24. The van der Waals surface area contributed by atoms with Crippen LogP contribution >= 0.6 is 11.8 Å². The van der Waals surface area contributed by atoms with Crippen LogP contribution in [0.2, 0.25) is 0 Å². The maximum atomic E-state index is 14.9. The van der Waals surface area contributed by atoms with Crippen molar-refractivity contribution >= 4 is 57.1 Å². The Balaban J connectivity index is 2.92. The lowest BCUT2D eigenvalue weighted by molar-refractivity contribution is -0.157. The fourth-order valence-electron chi connectivity index (χ4n) is 8.20. The summed E-state index contributed by atoms with van der Waals surface area (Å²) in [6.45, 7) is 14.4. The molecule has 0 aliphatic carbocycles. The van der Waals surface area contributed by atoms with Crippen LogP contribution in [0.4, 0.5) is 5.69 Å². The van der Waals surface area contributed by atoms with Gasteiger partial charge in [-0.3, -0.25) is 24.0 Å². The van der Waals surface area contributed by atoms with Crippen LogP contribution in [-0.4, -0.2) is 78.8 Å². The Bertz CT molecular complexity index is 1770. The van der Waals surface area contributed by atoms with Gasteiger partial charge in [0.05, 0.1) is 12.3 Å². The normalized spacial score (nSPS) is 12.8. The van der Waals surface area contributed by atoms with Crippen LogP contribution in [0.5, 0.6) is 5.75 Å². The summed E-state index contributed by atoms with van der Waals surface area (Å²) in [4.78, 5) is 65.3. The van der Waals surface area contributed by atoms with Crippen LogP contribution in [0, 0.1) is 0 Å². The zero-order valence-electron chi connectivity index (χ0n) is 46.3. The van der Waals surface area contributed by atoms with Gasteiger partial charge in [-0.15, -0.1) is 0 Å². The van der Waals surface area contributed by atoms with E-state index in [9.17, 15) is 32.4 Å². The molecular weight excluding hydrogens is 953 g/mol. The fraction of sp³-hybridized carbons (Fsp3) is 0.807. The minimum atomic E-state index is -4.91. The SMILES string of the molecule is CCCCCCCCCCCCCCCC(=O)OCCCSCCC(=O)Nc1cccc(OC(=O)CCCCCCCCCCCCCCC)c1S(=O)(=O)C(C[C@H](N)C(=O)OC(C)(C)C)C(=O)OC(C)(C)C. The maximum absolute atomic E-state index is 14.9. The Kier molecular flexibility index (Phi) is 36.5. The predicted molar refractivity (Wildman–Crippen MR) is 294 cm³/mol. The number of hydrogen-bond acceptors (Lipinski definition) is 13. The molecule has 72 heavy (non-hydrogen) atoms. The summed E-state index contributed by atoms with van der Waals surface area (Å²) in [6, 6.07) is 2.55. The van der Waals surface area contributed by atoms with E-state index < -0.39 is 67.5 Å². The predicted octanol–water partition coefficient (Wildman–Crippen LogP) is 14.1. The number of ether oxygens (including phenoxy) is 4. The first-order valence-electron chi connectivity index (χ1n) is 28.0. The van der Waals surface area contributed by atoms with E-state index in [2.05, 4.69) is 19.2 Å². The zero-order chi connectivity index (χ0) is 53.7. The Morgan fingerprint density at radius 1 is 0.569 bits per heavy atom. The Hall–Kier alpha value is -3.17. The van der Waals surface area contributed by atoms with Gasteiger partial charge in [0.15, 0.2) is 20.8 Å². The minimum absolute atomic E-state index is 0.00502. The number of amides is 1. The second-order valence-corrected chi connectivity index (χ2v) is 24.8. The summed E-state index contributed by atoms with van der Waals surface area (Å²) >= 11 is 1.49. The molecule has 0 fully saturated rings. The lowest BCUT2D eigenvalue weighted by atomic mass is 10.0. The summed E-state index contributed by atoms with van der Waals surface area (Å²) < 4.78 is 51.9. The molecule has 3 N–H and O–H groups in total. The molecule has 0 saturated heterocycles. The molecule has 2 atom stereocenters. The fourth-order valence-corrected chi connectivity index (χ4v) is 10.9. The van der Waals surface area contributed by atoms with E-state index in [1.54, 1.807) is 41.5 Å². The Morgan fingerprint density at radius 2 is 1.00 bits per heavy atom. The van der Waals surface area contributed by atoms with Crippen LogP contribution in [0.1, 0.15) is 254 Å². The first kappa shape index (κ1) is 66.8. The molecule has 1 rings (SSSR count). The number of carbonyl (C=O) groups is 5. The molecule has 0 saturated carbocycles. The molecule has 0 spiro atoms. The summed E-state index contributed by atoms with van der Waals surface area (Å²) in [5.41, 5.74) is 3.95. The number of hydrogen-bond donors (Lipinski definition) is 2. The van der Waals surface area contributed by atoms with Crippen molar-refractivity contribution in [3.63, 3.8) is 0 Å². The van der Waals surface area contributed by atoms with Crippen molar-refractivity contribution in [3.05, 3.63) is 18.2 Å². The number of carbonyl (C=O) groups excluding carboxylic acids is 5. The van der Waals surface area contributed by atoms with Crippen LogP contribution < -0.4 is 15.8 Å². The molecule has 15 heteroatoms. The number of nitrogens with two attached hydrogens (primary N) is 1. The highest BCUT2D eigenvalue weighted by Crippen LogP contribution is 2.37. The van der Waals surface area contributed by atoms with Crippen LogP contribution in [-0.2, 0) is 48.0 Å². The lowest BCUT2D eigenvalue weighted by Crippen LogP contribution is -2.45. The molecule has 0 radical (unpaired) electrons. The molecule has 13 nitrogen and oxygen atoms in total. The van der Waals surface area contributed by atoms with Crippen molar-refractivity contribution in [1.82, 2.24) is 0 Å². The first-order valence-corrected chi connectivity index (χ1v) is 30.7. The van der Waals surface area contributed by atoms with E-state index in [-0.39, 0.29) is 30.2 Å². The monoisotopic (exact) mass is 1050 g/mol. The molecule has 0 aromatic heterocycles.